The fourth-order valence-corrected chi connectivity index (χ4v) is 2.56. The van der Waals surface area contributed by atoms with Gasteiger partial charge in [0.1, 0.15) is 29.5 Å². The quantitative estimate of drug-likeness (QED) is 0.563. The van der Waals surface area contributed by atoms with Gasteiger partial charge in [0.15, 0.2) is 0 Å². The molecule has 0 atom stereocenters. The summed E-state index contributed by atoms with van der Waals surface area (Å²) in [5.41, 5.74) is 1.28. The van der Waals surface area contributed by atoms with E-state index in [1.54, 1.807) is 36.4 Å². The Labute approximate surface area is 166 Å². The number of carbonyl (C=O) groups excluding carboxylic acids is 1. The van der Waals surface area contributed by atoms with Gasteiger partial charge < -0.3 is 20.1 Å². The molecule has 3 rings (SSSR count). The van der Waals surface area contributed by atoms with E-state index in [0.29, 0.717) is 33.8 Å². The second-order valence-electron chi connectivity index (χ2n) is 5.60. The number of carbonyl (C=O) groups is 1. The van der Waals surface area contributed by atoms with E-state index in [9.17, 15) is 4.79 Å². The lowest BCUT2D eigenvalue weighted by molar-refractivity contribution is 0.262. The van der Waals surface area contributed by atoms with Crippen LogP contribution in [0.3, 0.4) is 0 Å². The first-order chi connectivity index (χ1) is 13.6. The molecule has 2 amide bonds. The Morgan fingerprint density at radius 1 is 0.893 bits per heavy atom. The van der Waals surface area contributed by atoms with E-state index in [-0.39, 0.29) is 0 Å². The van der Waals surface area contributed by atoms with E-state index in [1.807, 2.05) is 12.1 Å². The molecule has 0 aliphatic carbocycles. The molecule has 0 fully saturated rings. The standard InChI is InChI=1S/C19H18ClN5O3/c1-27-15-7-14(8-16(9-15)28-2)24-19(26)25-18-10-17(21-11-22-18)23-13-5-3-4-12(20)6-13/h3-11H,1-2H3,(H3,21,22,23,24,25,26). The Kier molecular flexibility index (Phi) is 6.13. The van der Waals surface area contributed by atoms with Gasteiger partial charge in [0.25, 0.3) is 0 Å². The molecule has 3 aromatic rings. The molecule has 0 saturated carbocycles. The van der Waals surface area contributed by atoms with Gasteiger partial charge in [-0.05, 0) is 18.2 Å². The fourth-order valence-electron chi connectivity index (χ4n) is 2.37. The summed E-state index contributed by atoms with van der Waals surface area (Å²) in [6, 6.07) is 13.4. The van der Waals surface area contributed by atoms with Gasteiger partial charge in [-0.3, -0.25) is 5.32 Å². The summed E-state index contributed by atoms with van der Waals surface area (Å²) in [6.45, 7) is 0. The first kappa shape index (κ1) is 19.2. The zero-order valence-electron chi connectivity index (χ0n) is 15.2. The Morgan fingerprint density at radius 3 is 2.29 bits per heavy atom. The number of anilines is 4. The second-order valence-corrected chi connectivity index (χ2v) is 6.04. The van der Waals surface area contributed by atoms with Crippen LogP contribution in [0.4, 0.5) is 27.8 Å². The SMILES string of the molecule is COc1cc(NC(=O)Nc2cc(Nc3cccc(Cl)c3)ncn2)cc(OC)c1. The molecular weight excluding hydrogens is 382 g/mol. The molecule has 3 N–H and O–H groups in total. The van der Waals surface area contributed by atoms with Crippen molar-refractivity contribution in [1.82, 2.24) is 9.97 Å². The van der Waals surface area contributed by atoms with Crippen molar-refractivity contribution in [3.8, 4) is 11.5 Å². The summed E-state index contributed by atoms with van der Waals surface area (Å²) in [5.74, 6) is 1.96. The van der Waals surface area contributed by atoms with Gasteiger partial charge in [-0.1, -0.05) is 17.7 Å². The zero-order valence-corrected chi connectivity index (χ0v) is 15.9. The first-order valence-corrected chi connectivity index (χ1v) is 8.59. The summed E-state index contributed by atoms with van der Waals surface area (Å²) >= 11 is 5.98. The Morgan fingerprint density at radius 2 is 1.61 bits per heavy atom. The highest BCUT2D eigenvalue weighted by atomic mass is 35.5. The van der Waals surface area contributed by atoms with Crippen molar-refractivity contribution < 1.29 is 14.3 Å². The van der Waals surface area contributed by atoms with Crippen molar-refractivity contribution in [2.45, 2.75) is 0 Å². The van der Waals surface area contributed by atoms with E-state index < -0.39 is 6.03 Å². The van der Waals surface area contributed by atoms with Crippen LogP contribution in [0, 0.1) is 0 Å². The molecule has 0 aliphatic heterocycles. The van der Waals surface area contributed by atoms with Crippen LogP contribution < -0.4 is 25.4 Å². The molecule has 144 valence electrons. The van der Waals surface area contributed by atoms with Gasteiger partial charge in [-0.2, -0.15) is 0 Å². The van der Waals surface area contributed by atoms with Crippen LogP contribution >= 0.6 is 11.6 Å². The van der Waals surface area contributed by atoms with Crippen molar-refractivity contribution in [2.24, 2.45) is 0 Å². The molecule has 0 spiro atoms. The maximum absolute atomic E-state index is 12.3. The van der Waals surface area contributed by atoms with Crippen LogP contribution in [0.15, 0.2) is 54.9 Å². The van der Waals surface area contributed by atoms with E-state index >= 15 is 0 Å². The van der Waals surface area contributed by atoms with Crippen LogP contribution in [-0.2, 0) is 0 Å². The van der Waals surface area contributed by atoms with Gasteiger partial charge in [-0.15, -0.1) is 0 Å². The molecule has 28 heavy (non-hydrogen) atoms. The lowest BCUT2D eigenvalue weighted by atomic mass is 10.3. The van der Waals surface area contributed by atoms with Gasteiger partial charge >= 0.3 is 6.03 Å². The number of amides is 2. The van der Waals surface area contributed by atoms with Crippen molar-refractivity contribution >= 4 is 40.6 Å². The molecule has 1 heterocycles. The number of urea groups is 1. The third-order valence-corrected chi connectivity index (χ3v) is 3.85. The summed E-state index contributed by atoms with van der Waals surface area (Å²) in [6.07, 6.45) is 1.34. The number of halogens is 1. The van der Waals surface area contributed by atoms with E-state index in [1.165, 1.54) is 20.5 Å². The highest BCUT2D eigenvalue weighted by Crippen LogP contribution is 2.26. The number of benzene rings is 2. The van der Waals surface area contributed by atoms with Crippen LogP contribution in [0.2, 0.25) is 5.02 Å². The van der Waals surface area contributed by atoms with Crippen molar-refractivity contribution in [3.63, 3.8) is 0 Å². The predicted octanol–water partition coefficient (Wildman–Crippen LogP) is 4.53. The minimum atomic E-state index is -0.470. The second kappa shape index (κ2) is 8.92. The van der Waals surface area contributed by atoms with Gasteiger partial charge in [0.2, 0.25) is 0 Å². The molecule has 0 radical (unpaired) electrons. The number of rotatable bonds is 6. The number of methoxy groups -OCH3 is 2. The Hall–Kier alpha value is -3.52. The lowest BCUT2D eigenvalue weighted by Gasteiger charge is -2.11. The average molecular weight is 400 g/mol. The maximum Gasteiger partial charge on any atom is 0.324 e. The molecule has 0 unspecified atom stereocenters. The number of nitrogens with one attached hydrogen (secondary N) is 3. The van der Waals surface area contributed by atoms with Crippen LogP contribution in [0.25, 0.3) is 0 Å². The van der Waals surface area contributed by atoms with Gasteiger partial charge in [0.05, 0.1) is 14.2 Å². The highest BCUT2D eigenvalue weighted by molar-refractivity contribution is 6.30. The van der Waals surface area contributed by atoms with Crippen molar-refractivity contribution in [3.05, 3.63) is 59.9 Å². The maximum atomic E-state index is 12.3. The highest BCUT2D eigenvalue weighted by Gasteiger charge is 2.08. The largest absolute Gasteiger partial charge is 0.497 e. The van der Waals surface area contributed by atoms with E-state index in [4.69, 9.17) is 21.1 Å². The number of hydrogen-bond donors (Lipinski definition) is 3. The number of hydrogen-bond acceptors (Lipinski definition) is 6. The minimum absolute atomic E-state index is 0.326. The monoisotopic (exact) mass is 399 g/mol. The smallest absolute Gasteiger partial charge is 0.324 e. The third-order valence-electron chi connectivity index (χ3n) is 3.62. The van der Waals surface area contributed by atoms with E-state index in [0.717, 1.165) is 5.69 Å². The third kappa shape index (κ3) is 5.24. The van der Waals surface area contributed by atoms with Crippen LogP contribution in [0.5, 0.6) is 11.5 Å². The van der Waals surface area contributed by atoms with E-state index in [2.05, 4.69) is 25.9 Å². The summed E-state index contributed by atoms with van der Waals surface area (Å²) in [4.78, 5) is 20.5. The lowest BCUT2D eigenvalue weighted by Crippen LogP contribution is -2.20. The zero-order chi connectivity index (χ0) is 19.9. The molecule has 9 heteroatoms. The molecule has 0 saturated heterocycles. The Balaban J connectivity index is 1.67. The van der Waals surface area contributed by atoms with Crippen LogP contribution in [0.1, 0.15) is 0 Å². The fraction of sp³-hybridized carbons (Fsp3) is 0.105. The number of aromatic nitrogens is 2. The van der Waals surface area contributed by atoms with Gasteiger partial charge in [-0.25, -0.2) is 14.8 Å². The van der Waals surface area contributed by atoms with Crippen LogP contribution in [-0.4, -0.2) is 30.2 Å². The Bertz CT molecular complexity index is 961. The first-order valence-electron chi connectivity index (χ1n) is 8.21. The normalized spacial score (nSPS) is 10.1. The topological polar surface area (TPSA) is 97.4 Å². The number of nitrogens with zero attached hydrogens (tertiary/aromatic N) is 2. The molecule has 8 nitrogen and oxygen atoms in total. The van der Waals surface area contributed by atoms with Gasteiger partial charge in [0, 0.05) is 40.7 Å². The molecule has 0 bridgehead atoms. The summed E-state index contributed by atoms with van der Waals surface area (Å²) < 4.78 is 10.4. The number of ether oxygens (including phenoxy) is 2. The summed E-state index contributed by atoms with van der Waals surface area (Å²) in [5, 5.41) is 9.06. The molecular formula is C19H18ClN5O3. The molecule has 2 aromatic carbocycles. The molecule has 1 aromatic heterocycles. The average Bonchev–Trinajstić information content (AvgIpc) is 2.67. The predicted molar refractivity (Wildman–Crippen MR) is 109 cm³/mol. The van der Waals surface area contributed by atoms with Crippen molar-refractivity contribution in [1.29, 1.82) is 0 Å². The molecule has 0 aliphatic rings. The summed E-state index contributed by atoms with van der Waals surface area (Å²) in [7, 11) is 3.07. The minimum Gasteiger partial charge on any atom is -0.497 e. The van der Waals surface area contributed by atoms with Crippen molar-refractivity contribution in [2.75, 3.05) is 30.2 Å².